The van der Waals surface area contributed by atoms with Crippen LogP contribution in [0, 0.1) is 13.8 Å². The van der Waals surface area contributed by atoms with Crippen molar-refractivity contribution >= 4 is 17.7 Å². The van der Waals surface area contributed by atoms with Gasteiger partial charge in [-0.3, -0.25) is 5.43 Å². The van der Waals surface area contributed by atoms with Crippen molar-refractivity contribution in [3.8, 4) is 6.01 Å². The summed E-state index contributed by atoms with van der Waals surface area (Å²) >= 11 is 1.51. The van der Waals surface area contributed by atoms with Crippen molar-refractivity contribution in [3.05, 3.63) is 34.9 Å². The molecule has 0 atom stereocenters. The SMILES string of the molecule is COc1nc(NN)nc(SCc2cc(C)cc(C)c2)n1. The van der Waals surface area contributed by atoms with Crippen molar-refractivity contribution in [2.45, 2.75) is 24.8 Å². The van der Waals surface area contributed by atoms with E-state index in [4.69, 9.17) is 10.6 Å². The highest BCUT2D eigenvalue weighted by atomic mass is 32.2. The van der Waals surface area contributed by atoms with Gasteiger partial charge < -0.3 is 4.74 Å². The molecule has 106 valence electrons. The van der Waals surface area contributed by atoms with Gasteiger partial charge in [0.1, 0.15) is 0 Å². The summed E-state index contributed by atoms with van der Waals surface area (Å²) in [6, 6.07) is 6.70. The number of nitrogens with one attached hydrogen (secondary N) is 1. The van der Waals surface area contributed by atoms with Crippen molar-refractivity contribution in [3.63, 3.8) is 0 Å². The highest BCUT2D eigenvalue weighted by molar-refractivity contribution is 7.98. The monoisotopic (exact) mass is 291 g/mol. The maximum absolute atomic E-state index is 5.32. The van der Waals surface area contributed by atoms with Crippen LogP contribution in [0.25, 0.3) is 0 Å². The lowest BCUT2D eigenvalue weighted by Gasteiger charge is -2.06. The molecule has 7 heteroatoms. The average Bonchev–Trinajstić information content (AvgIpc) is 2.43. The molecule has 20 heavy (non-hydrogen) atoms. The number of hydrogen-bond donors (Lipinski definition) is 2. The summed E-state index contributed by atoms with van der Waals surface area (Å²) in [7, 11) is 1.51. The molecule has 0 unspecified atom stereocenters. The zero-order chi connectivity index (χ0) is 14.5. The molecular formula is C13H17N5OS. The standard InChI is InChI=1S/C13H17N5OS/c1-8-4-9(2)6-10(5-8)7-20-13-16-11(18-14)15-12(17-13)19-3/h4-6H,7,14H2,1-3H3,(H,15,16,17,18). The topological polar surface area (TPSA) is 86.0 Å². The van der Waals surface area contributed by atoms with Crippen molar-refractivity contribution in [2.24, 2.45) is 5.84 Å². The molecular weight excluding hydrogens is 274 g/mol. The van der Waals surface area contributed by atoms with Gasteiger partial charge in [0.05, 0.1) is 7.11 Å². The lowest BCUT2D eigenvalue weighted by molar-refractivity contribution is 0.373. The Morgan fingerprint density at radius 1 is 1.15 bits per heavy atom. The highest BCUT2D eigenvalue weighted by Gasteiger charge is 2.07. The number of ether oxygens (including phenoxy) is 1. The number of nitrogen functional groups attached to an aromatic ring is 1. The number of anilines is 1. The Bertz CT molecular complexity index is 563. The van der Waals surface area contributed by atoms with Crippen LogP contribution in [-0.2, 0) is 5.75 Å². The molecule has 0 spiro atoms. The lowest BCUT2D eigenvalue weighted by atomic mass is 10.1. The lowest BCUT2D eigenvalue weighted by Crippen LogP contribution is -2.12. The van der Waals surface area contributed by atoms with E-state index in [-0.39, 0.29) is 6.01 Å². The fourth-order valence-electron chi connectivity index (χ4n) is 1.86. The third kappa shape index (κ3) is 3.82. The number of methoxy groups -OCH3 is 1. The first-order chi connectivity index (χ1) is 9.60. The fourth-order valence-corrected chi connectivity index (χ4v) is 2.61. The van der Waals surface area contributed by atoms with E-state index in [9.17, 15) is 0 Å². The molecule has 0 radical (unpaired) electrons. The van der Waals surface area contributed by atoms with Gasteiger partial charge in [0, 0.05) is 5.75 Å². The third-order valence-electron chi connectivity index (χ3n) is 2.56. The molecule has 0 bridgehead atoms. The van der Waals surface area contributed by atoms with E-state index in [0.717, 1.165) is 5.75 Å². The maximum Gasteiger partial charge on any atom is 0.321 e. The summed E-state index contributed by atoms with van der Waals surface area (Å²) in [6.45, 7) is 4.17. The molecule has 0 aliphatic heterocycles. The summed E-state index contributed by atoms with van der Waals surface area (Å²) in [5.74, 6) is 6.39. The Kier molecular flexibility index (Phi) is 4.75. The summed E-state index contributed by atoms with van der Waals surface area (Å²) in [6.07, 6.45) is 0. The van der Waals surface area contributed by atoms with Crippen LogP contribution < -0.4 is 16.0 Å². The van der Waals surface area contributed by atoms with Crippen molar-refractivity contribution in [2.75, 3.05) is 12.5 Å². The van der Waals surface area contributed by atoms with Crippen LogP contribution in [0.3, 0.4) is 0 Å². The van der Waals surface area contributed by atoms with Gasteiger partial charge in [-0.15, -0.1) is 0 Å². The summed E-state index contributed by atoms with van der Waals surface area (Å²) in [4.78, 5) is 12.3. The molecule has 3 N–H and O–H groups in total. The normalized spacial score (nSPS) is 10.4. The smallest absolute Gasteiger partial charge is 0.321 e. The fraction of sp³-hybridized carbons (Fsp3) is 0.308. The van der Waals surface area contributed by atoms with Gasteiger partial charge in [-0.25, -0.2) is 5.84 Å². The van der Waals surface area contributed by atoms with Gasteiger partial charge >= 0.3 is 6.01 Å². The minimum atomic E-state index is 0.246. The number of nitrogens with zero attached hydrogens (tertiary/aromatic N) is 3. The first kappa shape index (κ1) is 14.5. The molecule has 6 nitrogen and oxygen atoms in total. The summed E-state index contributed by atoms with van der Waals surface area (Å²) in [5.41, 5.74) is 6.13. The van der Waals surface area contributed by atoms with E-state index in [0.29, 0.717) is 11.1 Å². The van der Waals surface area contributed by atoms with Crippen LogP contribution in [-0.4, -0.2) is 22.1 Å². The number of aromatic nitrogens is 3. The quantitative estimate of drug-likeness (QED) is 0.495. The second kappa shape index (κ2) is 6.53. The molecule has 0 aliphatic carbocycles. The van der Waals surface area contributed by atoms with E-state index in [2.05, 4.69) is 52.4 Å². The molecule has 2 rings (SSSR count). The maximum atomic E-state index is 5.32. The zero-order valence-corrected chi connectivity index (χ0v) is 12.5. The van der Waals surface area contributed by atoms with Crippen molar-refractivity contribution < 1.29 is 4.74 Å². The Hall–Kier alpha value is -1.86. The molecule has 0 saturated carbocycles. The Balaban J connectivity index is 2.13. The highest BCUT2D eigenvalue weighted by Crippen LogP contribution is 2.22. The predicted molar refractivity (Wildman–Crippen MR) is 79.7 cm³/mol. The van der Waals surface area contributed by atoms with Crippen LogP contribution in [0.15, 0.2) is 23.4 Å². The first-order valence-electron chi connectivity index (χ1n) is 6.07. The molecule has 1 aromatic carbocycles. The zero-order valence-electron chi connectivity index (χ0n) is 11.7. The Morgan fingerprint density at radius 2 is 1.85 bits per heavy atom. The van der Waals surface area contributed by atoms with E-state index in [1.807, 2.05) is 0 Å². The number of hydrazine groups is 1. The second-order valence-corrected chi connectivity index (χ2v) is 5.30. The molecule has 2 aromatic rings. The van der Waals surface area contributed by atoms with Crippen molar-refractivity contribution in [1.82, 2.24) is 15.0 Å². The van der Waals surface area contributed by atoms with Gasteiger partial charge in [-0.1, -0.05) is 41.1 Å². The van der Waals surface area contributed by atoms with Gasteiger partial charge in [-0.2, -0.15) is 15.0 Å². The van der Waals surface area contributed by atoms with Crippen LogP contribution in [0.1, 0.15) is 16.7 Å². The second-order valence-electron chi connectivity index (χ2n) is 4.36. The number of rotatable bonds is 5. The van der Waals surface area contributed by atoms with E-state index >= 15 is 0 Å². The first-order valence-corrected chi connectivity index (χ1v) is 7.06. The average molecular weight is 291 g/mol. The molecule has 0 amide bonds. The molecule has 0 fully saturated rings. The Labute approximate surface area is 122 Å². The molecule has 0 aliphatic rings. The minimum absolute atomic E-state index is 0.246. The number of nitrogens with two attached hydrogens (primary N) is 1. The van der Waals surface area contributed by atoms with Gasteiger partial charge in [0.25, 0.3) is 0 Å². The Morgan fingerprint density at radius 3 is 2.45 bits per heavy atom. The van der Waals surface area contributed by atoms with Gasteiger partial charge in [0.2, 0.25) is 5.95 Å². The number of hydrogen-bond acceptors (Lipinski definition) is 7. The van der Waals surface area contributed by atoms with E-state index in [1.54, 1.807) is 0 Å². The van der Waals surface area contributed by atoms with Gasteiger partial charge in [0.15, 0.2) is 5.16 Å². The van der Waals surface area contributed by atoms with Crippen LogP contribution >= 0.6 is 11.8 Å². The van der Waals surface area contributed by atoms with Crippen LogP contribution in [0.5, 0.6) is 6.01 Å². The van der Waals surface area contributed by atoms with E-state index < -0.39 is 0 Å². The summed E-state index contributed by atoms with van der Waals surface area (Å²) < 4.78 is 5.02. The van der Waals surface area contributed by atoms with Crippen LogP contribution in [0.2, 0.25) is 0 Å². The minimum Gasteiger partial charge on any atom is -0.467 e. The summed E-state index contributed by atoms with van der Waals surface area (Å²) in [5, 5.41) is 0.573. The van der Waals surface area contributed by atoms with Crippen LogP contribution in [0.4, 0.5) is 5.95 Å². The molecule has 0 saturated heterocycles. The third-order valence-corrected chi connectivity index (χ3v) is 3.47. The molecule has 1 aromatic heterocycles. The van der Waals surface area contributed by atoms with Gasteiger partial charge in [-0.05, 0) is 19.4 Å². The predicted octanol–water partition coefficient (Wildman–Crippen LogP) is 2.07. The number of aryl methyl sites for hydroxylation is 2. The van der Waals surface area contributed by atoms with Crippen molar-refractivity contribution in [1.29, 1.82) is 0 Å². The molecule has 1 heterocycles. The largest absolute Gasteiger partial charge is 0.467 e. The number of thioether (sulfide) groups is 1. The number of benzene rings is 1. The van der Waals surface area contributed by atoms with E-state index in [1.165, 1.54) is 35.6 Å².